The van der Waals surface area contributed by atoms with Gasteiger partial charge in [-0.05, 0) is 44.0 Å². The third kappa shape index (κ3) is 4.43. The van der Waals surface area contributed by atoms with E-state index in [1.807, 2.05) is 24.3 Å². The van der Waals surface area contributed by atoms with E-state index in [4.69, 9.17) is 0 Å². The highest BCUT2D eigenvalue weighted by Crippen LogP contribution is 2.20. The molecule has 0 radical (unpaired) electrons. The Kier molecular flexibility index (Phi) is 5.59. The molecule has 1 aliphatic rings. The van der Waals surface area contributed by atoms with Gasteiger partial charge in [0.05, 0.1) is 0 Å². The molecule has 0 aliphatic carbocycles. The largest absolute Gasteiger partial charge is 0.303 e. The van der Waals surface area contributed by atoms with E-state index in [1.54, 1.807) is 0 Å². The van der Waals surface area contributed by atoms with Gasteiger partial charge in [-0.15, -0.1) is 0 Å². The van der Waals surface area contributed by atoms with Crippen LogP contribution in [0.4, 0.5) is 0 Å². The number of carbonyl (C=O) groups is 1. The summed E-state index contributed by atoms with van der Waals surface area (Å²) in [5.41, 5.74) is 0.817. The molecule has 0 atom stereocenters. The smallest absolute Gasteiger partial charge is 0.164 e. The lowest BCUT2D eigenvalue weighted by atomic mass is 9.94. The fourth-order valence-corrected chi connectivity index (χ4v) is 3.08. The zero-order chi connectivity index (χ0) is 13.7. The molecular weight excluding hydrogens is 302 g/mol. The number of likely N-dealkylation sites (tertiary alicyclic amines) is 1. The summed E-state index contributed by atoms with van der Waals surface area (Å²) in [7, 11) is 0. The minimum Gasteiger partial charge on any atom is -0.303 e. The van der Waals surface area contributed by atoms with Gasteiger partial charge in [-0.3, -0.25) is 4.79 Å². The highest BCUT2D eigenvalue weighted by Gasteiger charge is 2.18. The van der Waals surface area contributed by atoms with Crippen LogP contribution >= 0.6 is 15.9 Å². The maximum absolute atomic E-state index is 12.1. The van der Waals surface area contributed by atoms with Gasteiger partial charge in [-0.1, -0.05) is 41.4 Å². The molecular formula is C16H22BrNO. The van der Waals surface area contributed by atoms with E-state index in [0.29, 0.717) is 6.42 Å². The van der Waals surface area contributed by atoms with Crippen LogP contribution in [0.3, 0.4) is 0 Å². The Morgan fingerprint density at radius 3 is 2.74 bits per heavy atom. The molecule has 0 bridgehead atoms. The summed E-state index contributed by atoms with van der Waals surface area (Å²) >= 11 is 3.41. The van der Waals surface area contributed by atoms with Crippen LogP contribution in [0.15, 0.2) is 28.7 Å². The topological polar surface area (TPSA) is 20.3 Å². The first-order chi connectivity index (χ1) is 9.19. The highest BCUT2D eigenvalue weighted by molar-refractivity contribution is 9.10. The SMILES string of the molecule is CCC1CCN(CCC(=O)c2cccc(Br)c2)CC1. The number of ketones is 1. The van der Waals surface area contributed by atoms with E-state index in [-0.39, 0.29) is 5.78 Å². The van der Waals surface area contributed by atoms with Crippen molar-refractivity contribution in [1.29, 1.82) is 0 Å². The number of hydrogen-bond donors (Lipinski definition) is 0. The second-order valence-corrected chi connectivity index (χ2v) is 6.29. The number of piperidine rings is 1. The summed E-state index contributed by atoms with van der Waals surface area (Å²) in [6, 6.07) is 7.68. The average Bonchev–Trinajstić information content (AvgIpc) is 2.45. The number of carbonyl (C=O) groups excluding carboxylic acids is 1. The molecule has 1 fully saturated rings. The van der Waals surface area contributed by atoms with Gasteiger partial charge >= 0.3 is 0 Å². The van der Waals surface area contributed by atoms with Crippen LogP contribution in [0.5, 0.6) is 0 Å². The van der Waals surface area contributed by atoms with Crippen molar-refractivity contribution in [3.05, 3.63) is 34.3 Å². The standard InChI is InChI=1S/C16H22BrNO/c1-2-13-6-9-18(10-7-13)11-8-16(19)14-4-3-5-15(17)12-14/h3-5,12-13H,2,6-11H2,1H3. The third-order valence-electron chi connectivity index (χ3n) is 4.09. The Hall–Kier alpha value is -0.670. The Balaban J connectivity index is 1.78. The maximum atomic E-state index is 12.1. The van der Waals surface area contributed by atoms with Crippen LogP contribution in [0.2, 0.25) is 0 Å². The van der Waals surface area contributed by atoms with E-state index in [9.17, 15) is 4.79 Å². The van der Waals surface area contributed by atoms with Gasteiger partial charge in [0.25, 0.3) is 0 Å². The predicted molar refractivity (Wildman–Crippen MR) is 82.5 cm³/mol. The zero-order valence-electron chi connectivity index (χ0n) is 11.6. The highest BCUT2D eigenvalue weighted by atomic mass is 79.9. The summed E-state index contributed by atoms with van der Waals surface area (Å²) < 4.78 is 0.974. The molecule has 1 saturated heterocycles. The monoisotopic (exact) mass is 323 g/mol. The summed E-state index contributed by atoms with van der Waals surface area (Å²) in [5, 5.41) is 0. The van der Waals surface area contributed by atoms with Gasteiger partial charge < -0.3 is 4.90 Å². The van der Waals surface area contributed by atoms with E-state index >= 15 is 0 Å². The molecule has 0 amide bonds. The minimum atomic E-state index is 0.249. The molecule has 0 N–H and O–H groups in total. The minimum absolute atomic E-state index is 0.249. The number of rotatable bonds is 5. The fraction of sp³-hybridized carbons (Fsp3) is 0.562. The Morgan fingerprint density at radius 2 is 2.11 bits per heavy atom. The molecule has 0 aromatic heterocycles. The van der Waals surface area contributed by atoms with Gasteiger partial charge in [-0.25, -0.2) is 0 Å². The first kappa shape index (κ1) is 14.7. The second kappa shape index (κ2) is 7.20. The molecule has 3 heteroatoms. The summed E-state index contributed by atoms with van der Waals surface area (Å²) in [6.07, 6.45) is 4.52. The molecule has 104 valence electrons. The predicted octanol–water partition coefficient (Wildman–Crippen LogP) is 4.14. The number of Topliss-reactive ketones (excluding diaryl/α,β-unsaturated/α-hetero) is 1. The first-order valence-electron chi connectivity index (χ1n) is 7.20. The van der Waals surface area contributed by atoms with Crippen LogP contribution in [-0.4, -0.2) is 30.3 Å². The average molecular weight is 324 g/mol. The fourth-order valence-electron chi connectivity index (χ4n) is 2.68. The molecule has 1 heterocycles. The van der Waals surface area contributed by atoms with E-state index in [0.717, 1.165) is 35.6 Å². The summed E-state index contributed by atoms with van der Waals surface area (Å²) in [6.45, 7) is 5.49. The summed E-state index contributed by atoms with van der Waals surface area (Å²) in [5.74, 6) is 1.15. The van der Waals surface area contributed by atoms with Gasteiger partial charge in [0, 0.05) is 23.0 Å². The van der Waals surface area contributed by atoms with Crippen LogP contribution in [0.25, 0.3) is 0 Å². The van der Waals surface area contributed by atoms with Crippen molar-refractivity contribution in [2.24, 2.45) is 5.92 Å². The lowest BCUT2D eigenvalue weighted by Crippen LogP contribution is -2.35. The number of hydrogen-bond acceptors (Lipinski definition) is 2. The van der Waals surface area contributed by atoms with Crippen molar-refractivity contribution in [3.8, 4) is 0 Å². The third-order valence-corrected chi connectivity index (χ3v) is 4.58. The zero-order valence-corrected chi connectivity index (χ0v) is 13.2. The van der Waals surface area contributed by atoms with Crippen LogP contribution < -0.4 is 0 Å². The Morgan fingerprint density at radius 1 is 1.37 bits per heavy atom. The van der Waals surface area contributed by atoms with Gasteiger partial charge in [0.15, 0.2) is 5.78 Å². The van der Waals surface area contributed by atoms with Crippen molar-refractivity contribution < 1.29 is 4.79 Å². The molecule has 0 spiro atoms. The Bertz CT molecular complexity index is 425. The number of nitrogens with zero attached hydrogens (tertiary/aromatic N) is 1. The van der Waals surface area contributed by atoms with E-state index < -0.39 is 0 Å². The Labute approximate surface area is 124 Å². The molecule has 0 unspecified atom stereocenters. The van der Waals surface area contributed by atoms with Crippen molar-refractivity contribution in [3.63, 3.8) is 0 Å². The number of halogens is 1. The second-order valence-electron chi connectivity index (χ2n) is 5.38. The van der Waals surface area contributed by atoms with Crippen molar-refractivity contribution >= 4 is 21.7 Å². The maximum Gasteiger partial charge on any atom is 0.164 e. The molecule has 19 heavy (non-hydrogen) atoms. The van der Waals surface area contributed by atoms with E-state index in [2.05, 4.69) is 27.8 Å². The number of benzene rings is 1. The van der Waals surface area contributed by atoms with Crippen LogP contribution in [0, 0.1) is 5.92 Å². The van der Waals surface area contributed by atoms with Crippen molar-refractivity contribution in [2.75, 3.05) is 19.6 Å². The lowest BCUT2D eigenvalue weighted by Gasteiger charge is -2.31. The van der Waals surface area contributed by atoms with Crippen LogP contribution in [0.1, 0.15) is 43.0 Å². The van der Waals surface area contributed by atoms with E-state index in [1.165, 1.54) is 19.3 Å². The first-order valence-corrected chi connectivity index (χ1v) is 7.99. The normalized spacial score (nSPS) is 17.6. The molecule has 2 rings (SSSR count). The molecule has 2 nitrogen and oxygen atoms in total. The molecule has 1 aromatic carbocycles. The van der Waals surface area contributed by atoms with Crippen LogP contribution in [-0.2, 0) is 0 Å². The molecule has 0 saturated carbocycles. The lowest BCUT2D eigenvalue weighted by molar-refractivity contribution is 0.0950. The molecule has 1 aromatic rings. The van der Waals surface area contributed by atoms with Crippen molar-refractivity contribution in [2.45, 2.75) is 32.6 Å². The van der Waals surface area contributed by atoms with Crippen molar-refractivity contribution in [1.82, 2.24) is 4.90 Å². The van der Waals surface area contributed by atoms with Gasteiger partial charge in [-0.2, -0.15) is 0 Å². The van der Waals surface area contributed by atoms with Gasteiger partial charge in [0.1, 0.15) is 0 Å². The molecule has 1 aliphatic heterocycles. The quantitative estimate of drug-likeness (QED) is 0.759. The van der Waals surface area contributed by atoms with Gasteiger partial charge in [0.2, 0.25) is 0 Å². The summed E-state index contributed by atoms with van der Waals surface area (Å²) in [4.78, 5) is 14.5.